The summed E-state index contributed by atoms with van der Waals surface area (Å²) in [5.74, 6) is 0.499. The van der Waals surface area contributed by atoms with Crippen molar-refractivity contribution in [3.05, 3.63) is 22.7 Å². The van der Waals surface area contributed by atoms with Gasteiger partial charge in [-0.15, -0.1) is 11.6 Å². The Bertz CT molecular complexity index is 300. The van der Waals surface area contributed by atoms with Gasteiger partial charge in [0.15, 0.2) is 0 Å². The highest BCUT2D eigenvalue weighted by molar-refractivity contribution is 6.32. The zero-order valence-electron chi connectivity index (χ0n) is 6.93. The average molecular weight is 221 g/mol. The molecule has 4 heteroatoms. The number of alkyl halides is 1. The van der Waals surface area contributed by atoms with Gasteiger partial charge >= 0.3 is 0 Å². The van der Waals surface area contributed by atoms with Crippen molar-refractivity contribution in [2.24, 2.45) is 0 Å². The molecule has 0 fully saturated rings. The maximum absolute atomic E-state index is 9.38. The van der Waals surface area contributed by atoms with E-state index >= 15 is 0 Å². The first-order chi connectivity index (χ1) is 6.15. The summed E-state index contributed by atoms with van der Waals surface area (Å²) in [5.41, 5.74) is 0.712. The molecule has 0 bridgehead atoms. The zero-order chi connectivity index (χ0) is 9.84. The largest absolute Gasteiger partial charge is 0.508 e. The van der Waals surface area contributed by atoms with Gasteiger partial charge in [0.05, 0.1) is 5.02 Å². The quantitative estimate of drug-likeness (QED) is 0.770. The van der Waals surface area contributed by atoms with Crippen LogP contribution in [0.3, 0.4) is 0 Å². The van der Waals surface area contributed by atoms with Crippen LogP contribution in [0.15, 0.2) is 12.1 Å². The molecule has 0 radical (unpaired) electrons. The molecule has 1 rings (SSSR count). The SMILES string of the molecule is Oc1cc(O)c(CCCCl)cc1Cl. The number of aryl methyl sites for hydroxylation is 1. The van der Waals surface area contributed by atoms with Crippen LogP contribution in [0.5, 0.6) is 11.5 Å². The minimum atomic E-state index is -0.103. The zero-order valence-corrected chi connectivity index (χ0v) is 8.44. The molecular formula is C9H10Cl2O2. The average Bonchev–Trinajstić information content (AvgIpc) is 2.09. The summed E-state index contributed by atoms with van der Waals surface area (Å²) < 4.78 is 0. The van der Waals surface area contributed by atoms with Crippen molar-refractivity contribution >= 4 is 23.2 Å². The predicted octanol–water partition coefficient (Wildman–Crippen LogP) is 2.92. The third-order valence-corrected chi connectivity index (χ3v) is 2.30. The number of aromatic hydroxyl groups is 2. The number of phenolic OH excluding ortho intramolecular Hbond substituents is 2. The molecule has 0 spiro atoms. The molecular weight excluding hydrogens is 211 g/mol. The van der Waals surface area contributed by atoms with Crippen LogP contribution in [0.25, 0.3) is 0 Å². The van der Waals surface area contributed by atoms with Gasteiger partial charge in [0.25, 0.3) is 0 Å². The maximum Gasteiger partial charge on any atom is 0.137 e. The summed E-state index contributed by atoms with van der Waals surface area (Å²) in [6, 6.07) is 2.80. The Morgan fingerprint density at radius 1 is 1.15 bits per heavy atom. The number of hydrogen-bond donors (Lipinski definition) is 2. The van der Waals surface area contributed by atoms with Crippen LogP contribution in [0.4, 0.5) is 0 Å². The van der Waals surface area contributed by atoms with Crippen LogP contribution in [0.1, 0.15) is 12.0 Å². The minimum absolute atomic E-state index is 0.0621. The molecule has 0 heterocycles. The molecule has 0 saturated heterocycles. The highest BCUT2D eigenvalue weighted by atomic mass is 35.5. The van der Waals surface area contributed by atoms with E-state index in [-0.39, 0.29) is 16.5 Å². The van der Waals surface area contributed by atoms with Crippen molar-refractivity contribution in [3.8, 4) is 11.5 Å². The van der Waals surface area contributed by atoms with E-state index in [0.29, 0.717) is 17.9 Å². The van der Waals surface area contributed by atoms with Crippen molar-refractivity contribution < 1.29 is 10.2 Å². The normalized spacial score (nSPS) is 10.3. The summed E-state index contributed by atoms with van der Waals surface area (Å²) in [6.45, 7) is 0. The molecule has 0 aliphatic heterocycles. The molecule has 2 nitrogen and oxygen atoms in total. The van der Waals surface area contributed by atoms with Gasteiger partial charge in [-0.2, -0.15) is 0 Å². The van der Waals surface area contributed by atoms with Crippen LogP contribution in [-0.2, 0) is 6.42 Å². The van der Waals surface area contributed by atoms with Gasteiger partial charge in [-0.25, -0.2) is 0 Å². The van der Waals surface area contributed by atoms with E-state index in [4.69, 9.17) is 28.3 Å². The Labute approximate surface area is 86.7 Å². The highest BCUT2D eigenvalue weighted by Gasteiger charge is 2.06. The van der Waals surface area contributed by atoms with E-state index in [9.17, 15) is 5.11 Å². The van der Waals surface area contributed by atoms with Crippen molar-refractivity contribution in [2.75, 3.05) is 5.88 Å². The number of rotatable bonds is 3. The molecule has 0 atom stereocenters. The minimum Gasteiger partial charge on any atom is -0.508 e. The summed E-state index contributed by atoms with van der Waals surface area (Å²) in [5, 5.41) is 18.8. The van der Waals surface area contributed by atoms with Crippen molar-refractivity contribution in [1.82, 2.24) is 0 Å². The Kier molecular flexibility index (Phi) is 3.70. The number of hydrogen-bond acceptors (Lipinski definition) is 2. The van der Waals surface area contributed by atoms with E-state index in [2.05, 4.69) is 0 Å². The molecule has 0 amide bonds. The van der Waals surface area contributed by atoms with Gasteiger partial charge in [-0.3, -0.25) is 0 Å². The Balaban J connectivity index is 2.88. The molecule has 0 unspecified atom stereocenters. The van der Waals surface area contributed by atoms with Gasteiger partial charge in [0, 0.05) is 11.9 Å². The third-order valence-electron chi connectivity index (χ3n) is 1.73. The first kappa shape index (κ1) is 10.5. The van der Waals surface area contributed by atoms with Crippen molar-refractivity contribution in [2.45, 2.75) is 12.8 Å². The Morgan fingerprint density at radius 2 is 1.85 bits per heavy atom. The summed E-state index contributed by atoms with van der Waals surface area (Å²) >= 11 is 11.2. The van der Waals surface area contributed by atoms with E-state index in [1.54, 1.807) is 6.07 Å². The fraction of sp³-hybridized carbons (Fsp3) is 0.333. The van der Waals surface area contributed by atoms with Crippen molar-refractivity contribution in [1.29, 1.82) is 0 Å². The monoisotopic (exact) mass is 220 g/mol. The second-order valence-electron chi connectivity index (χ2n) is 2.72. The van der Waals surface area contributed by atoms with Gasteiger partial charge in [-0.1, -0.05) is 11.6 Å². The summed E-state index contributed by atoms with van der Waals surface area (Å²) in [6.07, 6.45) is 1.44. The molecule has 0 aromatic heterocycles. The van der Waals surface area contributed by atoms with E-state index in [1.165, 1.54) is 6.07 Å². The lowest BCUT2D eigenvalue weighted by atomic mass is 10.1. The predicted molar refractivity (Wildman–Crippen MR) is 53.8 cm³/mol. The number of benzene rings is 1. The fourth-order valence-corrected chi connectivity index (χ4v) is 1.37. The van der Waals surface area contributed by atoms with Crippen LogP contribution in [0.2, 0.25) is 5.02 Å². The molecule has 0 aliphatic carbocycles. The van der Waals surface area contributed by atoms with Crippen LogP contribution in [0, 0.1) is 0 Å². The lowest BCUT2D eigenvalue weighted by Crippen LogP contribution is -1.87. The molecule has 2 N–H and O–H groups in total. The first-order valence-electron chi connectivity index (χ1n) is 3.91. The van der Waals surface area contributed by atoms with Crippen molar-refractivity contribution in [3.63, 3.8) is 0 Å². The highest BCUT2D eigenvalue weighted by Crippen LogP contribution is 2.31. The van der Waals surface area contributed by atoms with Crippen LogP contribution < -0.4 is 0 Å². The Hall–Kier alpha value is -0.600. The lowest BCUT2D eigenvalue weighted by molar-refractivity contribution is 0.446. The number of halogens is 2. The second kappa shape index (κ2) is 4.58. The van der Waals surface area contributed by atoms with Gasteiger partial charge in [0.1, 0.15) is 11.5 Å². The molecule has 1 aromatic rings. The van der Waals surface area contributed by atoms with E-state index < -0.39 is 0 Å². The van der Waals surface area contributed by atoms with Gasteiger partial charge < -0.3 is 10.2 Å². The topological polar surface area (TPSA) is 40.5 Å². The first-order valence-corrected chi connectivity index (χ1v) is 4.82. The standard InChI is InChI=1S/C9H10Cl2O2/c10-3-1-2-6-4-7(11)9(13)5-8(6)12/h4-5,12-13H,1-3H2. The maximum atomic E-state index is 9.38. The third kappa shape index (κ3) is 2.68. The van der Waals surface area contributed by atoms with Crippen LogP contribution >= 0.6 is 23.2 Å². The van der Waals surface area contributed by atoms with Crippen LogP contribution in [-0.4, -0.2) is 16.1 Å². The second-order valence-corrected chi connectivity index (χ2v) is 3.51. The Morgan fingerprint density at radius 3 is 2.46 bits per heavy atom. The summed E-state index contributed by atoms with van der Waals surface area (Å²) in [4.78, 5) is 0. The summed E-state index contributed by atoms with van der Waals surface area (Å²) in [7, 11) is 0. The molecule has 1 aromatic carbocycles. The molecule has 72 valence electrons. The lowest BCUT2D eigenvalue weighted by Gasteiger charge is -2.05. The van der Waals surface area contributed by atoms with Gasteiger partial charge in [0.2, 0.25) is 0 Å². The number of phenols is 2. The smallest absolute Gasteiger partial charge is 0.137 e. The molecule has 13 heavy (non-hydrogen) atoms. The molecule has 0 saturated carbocycles. The van der Waals surface area contributed by atoms with E-state index in [0.717, 1.165) is 6.42 Å². The van der Waals surface area contributed by atoms with E-state index in [1.807, 2.05) is 0 Å². The van der Waals surface area contributed by atoms with Gasteiger partial charge in [-0.05, 0) is 24.5 Å². The fourth-order valence-electron chi connectivity index (χ4n) is 1.05. The molecule has 0 aliphatic rings.